The Morgan fingerprint density at radius 1 is 1.06 bits per heavy atom. The number of rotatable bonds is 8. The van der Waals surface area contributed by atoms with Crippen LogP contribution in [0.2, 0.25) is 0 Å². The summed E-state index contributed by atoms with van der Waals surface area (Å²) in [5, 5.41) is 4.57. The summed E-state index contributed by atoms with van der Waals surface area (Å²) in [6, 6.07) is 0.604. The van der Waals surface area contributed by atoms with Crippen LogP contribution in [0.5, 0.6) is 0 Å². The van der Waals surface area contributed by atoms with Crippen LogP contribution in [0.15, 0.2) is 12.4 Å². The molecule has 17 heavy (non-hydrogen) atoms. The SMILES string of the molecule is CCCC(C)c1cnn(C(CCC)CCC)c1. The van der Waals surface area contributed by atoms with Gasteiger partial charge in [0.1, 0.15) is 0 Å². The van der Waals surface area contributed by atoms with Gasteiger partial charge in [-0.25, -0.2) is 0 Å². The Kier molecular flexibility index (Phi) is 6.31. The molecule has 1 unspecified atom stereocenters. The molecule has 0 spiro atoms. The van der Waals surface area contributed by atoms with Crippen LogP contribution in [0.25, 0.3) is 0 Å². The van der Waals surface area contributed by atoms with E-state index < -0.39 is 0 Å². The van der Waals surface area contributed by atoms with E-state index in [9.17, 15) is 0 Å². The molecule has 1 heterocycles. The summed E-state index contributed by atoms with van der Waals surface area (Å²) in [4.78, 5) is 0. The van der Waals surface area contributed by atoms with Gasteiger partial charge in [0.2, 0.25) is 0 Å². The van der Waals surface area contributed by atoms with Gasteiger partial charge in [-0.1, -0.05) is 47.0 Å². The van der Waals surface area contributed by atoms with Crippen molar-refractivity contribution >= 4 is 0 Å². The maximum atomic E-state index is 4.57. The summed E-state index contributed by atoms with van der Waals surface area (Å²) >= 11 is 0. The van der Waals surface area contributed by atoms with Gasteiger partial charge in [0.05, 0.1) is 12.2 Å². The van der Waals surface area contributed by atoms with Gasteiger partial charge in [-0.05, 0) is 30.7 Å². The number of hydrogen-bond acceptors (Lipinski definition) is 1. The van der Waals surface area contributed by atoms with Crippen molar-refractivity contribution in [3.63, 3.8) is 0 Å². The van der Waals surface area contributed by atoms with E-state index in [1.165, 1.54) is 44.1 Å². The second-order valence-electron chi connectivity index (χ2n) is 5.17. The van der Waals surface area contributed by atoms with E-state index in [1.54, 1.807) is 0 Å². The smallest absolute Gasteiger partial charge is 0.0524 e. The molecule has 0 aliphatic heterocycles. The molecule has 0 amide bonds. The zero-order valence-electron chi connectivity index (χ0n) is 11.9. The second-order valence-corrected chi connectivity index (χ2v) is 5.17. The van der Waals surface area contributed by atoms with E-state index in [1.807, 2.05) is 0 Å². The fourth-order valence-electron chi connectivity index (χ4n) is 2.48. The maximum absolute atomic E-state index is 4.57. The van der Waals surface area contributed by atoms with Gasteiger partial charge in [0.25, 0.3) is 0 Å². The first-order valence-electron chi connectivity index (χ1n) is 7.26. The first kappa shape index (κ1) is 14.3. The molecule has 0 fully saturated rings. The third-order valence-electron chi connectivity index (χ3n) is 3.53. The normalized spacial score (nSPS) is 13.2. The van der Waals surface area contributed by atoms with Crippen molar-refractivity contribution < 1.29 is 0 Å². The number of hydrogen-bond donors (Lipinski definition) is 0. The second kappa shape index (κ2) is 7.52. The summed E-state index contributed by atoms with van der Waals surface area (Å²) in [7, 11) is 0. The lowest BCUT2D eigenvalue weighted by Crippen LogP contribution is -2.09. The Morgan fingerprint density at radius 2 is 1.65 bits per heavy atom. The minimum Gasteiger partial charge on any atom is -0.269 e. The molecule has 98 valence electrons. The van der Waals surface area contributed by atoms with E-state index in [0.717, 1.165) is 0 Å². The molecule has 2 heteroatoms. The van der Waals surface area contributed by atoms with Crippen molar-refractivity contribution in [2.45, 2.75) is 78.2 Å². The molecule has 2 nitrogen and oxygen atoms in total. The summed E-state index contributed by atoms with van der Waals surface area (Å²) in [6.45, 7) is 9.07. The summed E-state index contributed by atoms with van der Waals surface area (Å²) in [5.74, 6) is 0.651. The molecule has 0 radical (unpaired) electrons. The van der Waals surface area contributed by atoms with Crippen molar-refractivity contribution in [1.29, 1.82) is 0 Å². The lowest BCUT2D eigenvalue weighted by atomic mass is 10.00. The van der Waals surface area contributed by atoms with Crippen LogP contribution in [-0.4, -0.2) is 9.78 Å². The highest BCUT2D eigenvalue weighted by molar-refractivity contribution is 5.10. The first-order valence-corrected chi connectivity index (χ1v) is 7.26. The van der Waals surface area contributed by atoms with E-state index in [2.05, 4.69) is 49.9 Å². The Balaban J connectivity index is 2.69. The third kappa shape index (κ3) is 4.18. The average Bonchev–Trinajstić information content (AvgIpc) is 2.78. The molecule has 0 aromatic carbocycles. The highest BCUT2D eigenvalue weighted by Gasteiger charge is 2.13. The molecule has 0 bridgehead atoms. The van der Waals surface area contributed by atoms with E-state index in [4.69, 9.17) is 0 Å². The molecule has 0 saturated heterocycles. The van der Waals surface area contributed by atoms with Gasteiger partial charge in [-0.2, -0.15) is 5.10 Å². The van der Waals surface area contributed by atoms with Crippen LogP contribution in [-0.2, 0) is 0 Å². The van der Waals surface area contributed by atoms with Crippen LogP contribution in [0.3, 0.4) is 0 Å². The van der Waals surface area contributed by atoms with Crippen molar-refractivity contribution in [3.8, 4) is 0 Å². The van der Waals surface area contributed by atoms with Crippen LogP contribution in [0, 0.1) is 0 Å². The lowest BCUT2D eigenvalue weighted by Gasteiger charge is -2.16. The molecular formula is C15H28N2. The largest absolute Gasteiger partial charge is 0.269 e. The molecule has 1 aromatic heterocycles. The minimum atomic E-state index is 0.604. The van der Waals surface area contributed by atoms with E-state index in [0.29, 0.717) is 12.0 Å². The van der Waals surface area contributed by atoms with Gasteiger partial charge in [-0.15, -0.1) is 0 Å². The van der Waals surface area contributed by atoms with Crippen LogP contribution in [0.4, 0.5) is 0 Å². The molecule has 1 rings (SSSR count). The standard InChI is InChI=1S/C15H28N2/c1-5-8-13(4)14-11-16-17(12-14)15(9-6-2)10-7-3/h11-13,15H,5-10H2,1-4H3. The summed E-state index contributed by atoms with van der Waals surface area (Å²) < 4.78 is 2.20. The van der Waals surface area contributed by atoms with Crippen LogP contribution < -0.4 is 0 Å². The zero-order valence-corrected chi connectivity index (χ0v) is 11.9. The van der Waals surface area contributed by atoms with Gasteiger partial charge < -0.3 is 0 Å². The average molecular weight is 236 g/mol. The van der Waals surface area contributed by atoms with Crippen LogP contribution in [0.1, 0.15) is 83.7 Å². The van der Waals surface area contributed by atoms with Crippen molar-refractivity contribution in [3.05, 3.63) is 18.0 Å². The van der Waals surface area contributed by atoms with Crippen molar-refractivity contribution in [1.82, 2.24) is 9.78 Å². The third-order valence-corrected chi connectivity index (χ3v) is 3.53. The van der Waals surface area contributed by atoms with Gasteiger partial charge in [0.15, 0.2) is 0 Å². The minimum absolute atomic E-state index is 0.604. The quantitative estimate of drug-likeness (QED) is 0.626. The first-order chi connectivity index (χ1) is 8.22. The molecule has 1 atom stereocenters. The maximum Gasteiger partial charge on any atom is 0.0524 e. The molecule has 0 aliphatic rings. The summed E-state index contributed by atoms with van der Waals surface area (Å²) in [5.41, 5.74) is 1.41. The molecule has 0 saturated carbocycles. The lowest BCUT2D eigenvalue weighted by molar-refractivity contribution is 0.391. The highest BCUT2D eigenvalue weighted by Crippen LogP contribution is 2.24. The molecular weight excluding hydrogens is 208 g/mol. The molecule has 0 aliphatic carbocycles. The summed E-state index contributed by atoms with van der Waals surface area (Å²) in [6.07, 6.45) is 11.8. The fourth-order valence-corrected chi connectivity index (χ4v) is 2.48. The number of nitrogens with zero attached hydrogens (tertiary/aromatic N) is 2. The Labute approximate surface area is 106 Å². The van der Waals surface area contributed by atoms with Crippen LogP contribution >= 0.6 is 0 Å². The van der Waals surface area contributed by atoms with Crippen molar-refractivity contribution in [2.75, 3.05) is 0 Å². The Morgan fingerprint density at radius 3 is 2.18 bits per heavy atom. The Hall–Kier alpha value is -0.790. The fraction of sp³-hybridized carbons (Fsp3) is 0.800. The van der Waals surface area contributed by atoms with Gasteiger partial charge in [-0.3, -0.25) is 4.68 Å². The van der Waals surface area contributed by atoms with Gasteiger partial charge >= 0.3 is 0 Å². The Bertz CT molecular complexity index is 298. The predicted octanol–water partition coefficient (Wildman–Crippen LogP) is 4.93. The van der Waals surface area contributed by atoms with E-state index in [-0.39, 0.29) is 0 Å². The number of aromatic nitrogens is 2. The van der Waals surface area contributed by atoms with E-state index >= 15 is 0 Å². The highest BCUT2D eigenvalue weighted by atomic mass is 15.3. The predicted molar refractivity (Wildman–Crippen MR) is 74.4 cm³/mol. The topological polar surface area (TPSA) is 17.8 Å². The monoisotopic (exact) mass is 236 g/mol. The molecule has 0 N–H and O–H groups in total. The van der Waals surface area contributed by atoms with Gasteiger partial charge in [0, 0.05) is 6.20 Å². The molecule has 1 aromatic rings. The zero-order chi connectivity index (χ0) is 12.7. The van der Waals surface area contributed by atoms with Crippen molar-refractivity contribution in [2.24, 2.45) is 0 Å².